The van der Waals surface area contributed by atoms with Crippen LogP contribution in [0.5, 0.6) is 0 Å². The van der Waals surface area contributed by atoms with Crippen LogP contribution in [0.25, 0.3) is 11.5 Å². The quantitative estimate of drug-likeness (QED) is 0.332. The molecule has 0 saturated carbocycles. The maximum absolute atomic E-state index is 11.8. The molecule has 8 heteroatoms. The van der Waals surface area contributed by atoms with Crippen LogP contribution in [0.15, 0.2) is 64.2 Å². The van der Waals surface area contributed by atoms with Crippen LogP contribution in [-0.4, -0.2) is 30.1 Å². The van der Waals surface area contributed by atoms with Gasteiger partial charge in [0.15, 0.2) is 5.96 Å². The molecule has 0 aliphatic carbocycles. The number of hydrogen-bond acceptors (Lipinski definition) is 4. The molecule has 2 amide bonds. The minimum atomic E-state index is -0.214. The summed E-state index contributed by atoms with van der Waals surface area (Å²) in [5.41, 5.74) is 4.73. The Balaban J connectivity index is 1.47. The molecule has 3 rings (SSSR count). The van der Waals surface area contributed by atoms with Gasteiger partial charge in [0.25, 0.3) is 0 Å². The molecule has 0 fully saturated rings. The van der Waals surface area contributed by atoms with E-state index in [-0.39, 0.29) is 12.1 Å². The fourth-order valence-electron chi connectivity index (χ4n) is 2.93. The normalized spacial score (nSPS) is 11.3. The smallest absolute Gasteiger partial charge is 0.319 e. The average Bonchev–Trinajstić information content (AvgIpc) is 3.24. The lowest BCUT2D eigenvalue weighted by Gasteiger charge is -2.12. The van der Waals surface area contributed by atoms with Crippen molar-refractivity contribution < 1.29 is 9.21 Å². The van der Waals surface area contributed by atoms with E-state index in [1.807, 2.05) is 69.3 Å². The van der Waals surface area contributed by atoms with Crippen LogP contribution >= 0.6 is 0 Å². The van der Waals surface area contributed by atoms with Gasteiger partial charge in [-0.05, 0) is 50.6 Å². The van der Waals surface area contributed by atoms with Crippen LogP contribution in [0.4, 0.5) is 10.5 Å². The highest BCUT2D eigenvalue weighted by Gasteiger charge is 2.08. The van der Waals surface area contributed by atoms with E-state index in [0.29, 0.717) is 24.9 Å². The summed E-state index contributed by atoms with van der Waals surface area (Å²) in [5.74, 6) is 1.25. The molecule has 4 N–H and O–H groups in total. The molecule has 0 radical (unpaired) electrons. The number of carbonyl (C=O) groups is 1. The minimum Gasteiger partial charge on any atom is -0.444 e. The second-order valence-electron chi connectivity index (χ2n) is 7.74. The summed E-state index contributed by atoms with van der Waals surface area (Å²) in [7, 11) is 1.72. The summed E-state index contributed by atoms with van der Waals surface area (Å²) in [4.78, 5) is 20.6. The van der Waals surface area contributed by atoms with Crippen LogP contribution in [0.1, 0.15) is 30.7 Å². The number of aliphatic imine (C=N–C) groups is 1. The largest absolute Gasteiger partial charge is 0.444 e. The molecule has 0 atom stereocenters. The van der Waals surface area contributed by atoms with Crippen LogP contribution in [0, 0.1) is 6.92 Å². The number of oxazole rings is 1. The maximum Gasteiger partial charge on any atom is 0.319 e. The van der Waals surface area contributed by atoms with Crippen LogP contribution in [0.2, 0.25) is 0 Å². The first-order valence-electron chi connectivity index (χ1n) is 10.6. The zero-order valence-electron chi connectivity index (χ0n) is 18.9. The molecule has 32 heavy (non-hydrogen) atoms. The molecule has 1 heterocycles. The third-order valence-electron chi connectivity index (χ3n) is 4.60. The van der Waals surface area contributed by atoms with Crippen molar-refractivity contribution in [3.05, 3.63) is 71.6 Å². The Kier molecular flexibility index (Phi) is 7.85. The minimum absolute atomic E-state index is 0.0872. The highest BCUT2D eigenvalue weighted by molar-refractivity contribution is 5.89. The van der Waals surface area contributed by atoms with Gasteiger partial charge in [0.1, 0.15) is 6.26 Å². The van der Waals surface area contributed by atoms with Gasteiger partial charge in [0.2, 0.25) is 5.89 Å². The lowest BCUT2D eigenvalue weighted by Crippen LogP contribution is -2.36. The first-order chi connectivity index (χ1) is 15.4. The molecule has 0 bridgehead atoms. The number of aromatic nitrogens is 1. The Morgan fingerprint density at radius 3 is 2.38 bits per heavy atom. The molecule has 0 aliphatic heterocycles. The van der Waals surface area contributed by atoms with E-state index in [0.717, 1.165) is 22.5 Å². The van der Waals surface area contributed by atoms with Crippen molar-refractivity contribution in [2.75, 3.05) is 12.4 Å². The number of aryl methyl sites for hydroxylation is 1. The lowest BCUT2D eigenvalue weighted by atomic mass is 10.1. The zero-order chi connectivity index (χ0) is 22.9. The molecular weight excluding hydrogens is 404 g/mol. The Morgan fingerprint density at radius 1 is 1.03 bits per heavy atom. The van der Waals surface area contributed by atoms with Crippen LogP contribution in [0.3, 0.4) is 0 Å². The van der Waals surface area contributed by atoms with Crippen molar-refractivity contribution in [3.8, 4) is 11.5 Å². The first-order valence-corrected chi connectivity index (χ1v) is 10.6. The van der Waals surface area contributed by atoms with Crippen molar-refractivity contribution >= 4 is 17.7 Å². The summed E-state index contributed by atoms with van der Waals surface area (Å²) in [6.45, 7) is 6.96. The van der Waals surface area contributed by atoms with Gasteiger partial charge in [-0.2, -0.15) is 0 Å². The number of nitrogens with zero attached hydrogens (tertiary/aromatic N) is 2. The number of guanidine groups is 1. The van der Waals surface area contributed by atoms with Gasteiger partial charge in [0, 0.05) is 30.9 Å². The molecule has 8 nitrogen and oxygen atoms in total. The highest BCUT2D eigenvalue weighted by atomic mass is 16.3. The lowest BCUT2D eigenvalue weighted by molar-refractivity contribution is 0.250. The number of hydrogen-bond donors (Lipinski definition) is 4. The second kappa shape index (κ2) is 11.0. The molecule has 0 spiro atoms. The second-order valence-corrected chi connectivity index (χ2v) is 7.74. The summed E-state index contributed by atoms with van der Waals surface area (Å²) in [5, 5.41) is 12.1. The Morgan fingerprint density at radius 2 is 1.72 bits per heavy atom. The van der Waals surface area contributed by atoms with E-state index < -0.39 is 0 Å². The summed E-state index contributed by atoms with van der Waals surface area (Å²) < 4.78 is 5.60. The van der Waals surface area contributed by atoms with E-state index in [9.17, 15) is 4.79 Å². The molecule has 0 aliphatic rings. The number of carbonyl (C=O) groups excluding carboxylic acids is 1. The molecular formula is C24H30N6O2. The fourth-order valence-corrected chi connectivity index (χ4v) is 2.93. The standard InChI is InChI=1S/C24H30N6O2/c1-16(2)28-24(31)30-20-11-7-18(8-12-20)13-26-23(25-4)27-14-21-15-32-22(29-21)19-9-5-17(3)6-10-19/h5-12,15-16H,13-14H2,1-4H3,(H2,25,26,27)(H2,28,30,31). The molecule has 2 aromatic carbocycles. The van der Waals surface area contributed by atoms with Crippen molar-refractivity contribution in [2.24, 2.45) is 4.99 Å². The van der Waals surface area contributed by atoms with E-state index in [1.165, 1.54) is 5.56 Å². The van der Waals surface area contributed by atoms with Gasteiger partial charge >= 0.3 is 6.03 Å². The average molecular weight is 435 g/mol. The van der Waals surface area contributed by atoms with E-state index >= 15 is 0 Å². The predicted octanol–water partition coefficient (Wildman–Crippen LogP) is 4.05. The van der Waals surface area contributed by atoms with Gasteiger partial charge in [-0.25, -0.2) is 9.78 Å². The Labute approximate surface area is 188 Å². The van der Waals surface area contributed by atoms with Crippen molar-refractivity contribution in [3.63, 3.8) is 0 Å². The van der Waals surface area contributed by atoms with Gasteiger partial charge in [-0.1, -0.05) is 29.8 Å². The van der Waals surface area contributed by atoms with Crippen molar-refractivity contribution in [1.29, 1.82) is 0 Å². The maximum atomic E-state index is 11.8. The van der Waals surface area contributed by atoms with E-state index in [2.05, 4.69) is 31.2 Å². The fraction of sp³-hybridized carbons (Fsp3) is 0.292. The Bertz CT molecular complexity index is 1040. The van der Waals surface area contributed by atoms with Gasteiger partial charge in [-0.3, -0.25) is 4.99 Å². The number of benzene rings is 2. The summed E-state index contributed by atoms with van der Waals surface area (Å²) in [6, 6.07) is 15.6. The number of rotatable bonds is 7. The first kappa shape index (κ1) is 22.9. The van der Waals surface area contributed by atoms with Crippen LogP contribution < -0.4 is 21.3 Å². The van der Waals surface area contributed by atoms with Crippen LogP contribution in [-0.2, 0) is 13.1 Å². The molecule has 3 aromatic rings. The third kappa shape index (κ3) is 6.87. The van der Waals surface area contributed by atoms with Gasteiger partial charge in [-0.15, -0.1) is 0 Å². The number of anilines is 1. The van der Waals surface area contributed by atoms with E-state index in [4.69, 9.17) is 4.42 Å². The topological polar surface area (TPSA) is 104 Å². The monoisotopic (exact) mass is 434 g/mol. The predicted molar refractivity (Wildman–Crippen MR) is 127 cm³/mol. The van der Waals surface area contributed by atoms with Gasteiger partial charge in [0.05, 0.1) is 12.2 Å². The van der Waals surface area contributed by atoms with Crippen molar-refractivity contribution in [1.82, 2.24) is 20.9 Å². The highest BCUT2D eigenvalue weighted by Crippen LogP contribution is 2.19. The summed E-state index contributed by atoms with van der Waals surface area (Å²) in [6.07, 6.45) is 1.65. The van der Waals surface area contributed by atoms with Crippen molar-refractivity contribution in [2.45, 2.75) is 39.9 Å². The molecule has 168 valence electrons. The molecule has 0 saturated heterocycles. The van der Waals surface area contributed by atoms with Gasteiger partial charge < -0.3 is 25.7 Å². The van der Waals surface area contributed by atoms with E-state index in [1.54, 1.807) is 13.3 Å². The molecule has 1 aromatic heterocycles. The zero-order valence-corrected chi connectivity index (χ0v) is 18.9. The summed E-state index contributed by atoms with van der Waals surface area (Å²) >= 11 is 0. The number of nitrogens with one attached hydrogen (secondary N) is 4. The molecule has 0 unspecified atom stereocenters. The Hall–Kier alpha value is -3.81. The number of amides is 2. The third-order valence-corrected chi connectivity index (χ3v) is 4.60. The SMILES string of the molecule is CN=C(NCc1ccc(NC(=O)NC(C)C)cc1)NCc1coc(-c2ccc(C)cc2)n1. The number of urea groups is 1.